The lowest BCUT2D eigenvalue weighted by atomic mass is 10.00. The van der Waals surface area contributed by atoms with Crippen LogP contribution in [0.5, 0.6) is 11.5 Å². The summed E-state index contributed by atoms with van der Waals surface area (Å²) in [4.78, 5) is 26.0. The van der Waals surface area contributed by atoms with E-state index in [0.29, 0.717) is 11.3 Å². The number of aromatic nitrogens is 2. The Hall–Kier alpha value is -5.06. The van der Waals surface area contributed by atoms with Gasteiger partial charge in [0, 0.05) is 18.3 Å². The van der Waals surface area contributed by atoms with Crippen molar-refractivity contribution >= 4 is 22.6 Å². The van der Waals surface area contributed by atoms with Crippen molar-refractivity contribution in [3.05, 3.63) is 112 Å². The van der Waals surface area contributed by atoms with Crippen molar-refractivity contribution in [2.75, 3.05) is 12.4 Å². The number of nitrogens with zero attached hydrogens (tertiary/aromatic N) is 2. The van der Waals surface area contributed by atoms with Crippen molar-refractivity contribution in [1.29, 1.82) is 0 Å². The summed E-state index contributed by atoms with van der Waals surface area (Å²) in [6.07, 6.45) is -4.74. The van der Waals surface area contributed by atoms with Gasteiger partial charge < -0.3 is 14.8 Å². The van der Waals surface area contributed by atoms with Gasteiger partial charge in [-0.1, -0.05) is 36.4 Å². The number of amides is 1. The minimum absolute atomic E-state index is 0.0787. The van der Waals surface area contributed by atoms with Crippen LogP contribution in [0.4, 0.5) is 23.2 Å². The van der Waals surface area contributed by atoms with Gasteiger partial charge >= 0.3 is 11.9 Å². The SMILES string of the molecule is COc1cc(-c2cc(C(F)(F)F)cc3c2n(C)c(=O)n3CC(=O)Nc2ccc(F)cc2)ccc1OCc1ccccc1. The molecule has 0 saturated heterocycles. The number of anilines is 1. The van der Waals surface area contributed by atoms with Crippen molar-refractivity contribution < 1.29 is 31.8 Å². The first-order valence-electron chi connectivity index (χ1n) is 12.8. The second kappa shape index (κ2) is 11.4. The molecule has 0 atom stereocenters. The van der Waals surface area contributed by atoms with E-state index in [2.05, 4.69) is 5.32 Å². The molecule has 0 fully saturated rings. The molecule has 1 amide bonds. The molecule has 5 rings (SSSR count). The summed E-state index contributed by atoms with van der Waals surface area (Å²) < 4.78 is 68.9. The molecule has 0 saturated carbocycles. The number of hydrogen-bond acceptors (Lipinski definition) is 4. The number of imidazole rings is 1. The molecule has 1 N–H and O–H groups in total. The standard InChI is InChI=1S/C31H25F4N3O4/c1-37-29-24(20-8-13-26(27(14-20)41-2)42-18-19-6-4-3-5-7-19)15-21(31(33,34)35)16-25(29)38(30(37)40)17-28(39)36-23-11-9-22(32)10-12-23/h3-16H,17-18H2,1-2H3,(H,36,39). The fourth-order valence-electron chi connectivity index (χ4n) is 4.66. The highest BCUT2D eigenvalue weighted by Gasteiger charge is 2.33. The number of halogens is 4. The van der Waals surface area contributed by atoms with Crippen molar-refractivity contribution in [3.63, 3.8) is 0 Å². The molecule has 5 aromatic rings. The summed E-state index contributed by atoms with van der Waals surface area (Å²) in [5, 5.41) is 2.53. The van der Waals surface area contributed by atoms with E-state index < -0.39 is 35.7 Å². The third-order valence-electron chi connectivity index (χ3n) is 6.70. The van der Waals surface area contributed by atoms with E-state index in [0.717, 1.165) is 34.4 Å². The number of ether oxygens (including phenoxy) is 2. The van der Waals surface area contributed by atoms with Crippen LogP contribution < -0.4 is 20.5 Å². The molecule has 1 aromatic heterocycles. The van der Waals surface area contributed by atoms with Crippen LogP contribution in [0.2, 0.25) is 0 Å². The second-order valence-electron chi connectivity index (χ2n) is 9.51. The maximum atomic E-state index is 14.1. The van der Waals surface area contributed by atoms with E-state index in [-0.39, 0.29) is 34.6 Å². The van der Waals surface area contributed by atoms with Crippen LogP contribution in [0.3, 0.4) is 0 Å². The van der Waals surface area contributed by atoms with Crippen molar-refractivity contribution in [2.24, 2.45) is 7.05 Å². The Morgan fingerprint density at radius 2 is 1.64 bits per heavy atom. The largest absolute Gasteiger partial charge is 0.493 e. The van der Waals surface area contributed by atoms with Gasteiger partial charge in [0.2, 0.25) is 5.91 Å². The molecule has 0 spiro atoms. The molecule has 0 aliphatic heterocycles. The summed E-state index contributed by atoms with van der Waals surface area (Å²) in [6, 6.07) is 20.9. The summed E-state index contributed by atoms with van der Waals surface area (Å²) in [7, 11) is 2.84. The number of carbonyl (C=O) groups excluding carboxylic acids is 1. The van der Waals surface area contributed by atoms with Gasteiger partial charge in [-0.25, -0.2) is 9.18 Å². The first-order valence-corrected chi connectivity index (χ1v) is 12.8. The van der Waals surface area contributed by atoms with Gasteiger partial charge in [-0.3, -0.25) is 13.9 Å². The van der Waals surface area contributed by atoms with Crippen LogP contribution in [0.15, 0.2) is 89.7 Å². The quantitative estimate of drug-likeness (QED) is 0.216. The highest BCUT2D eigenvalue weighted by molar-refractivity contribution is 5.96. The number of aryl methyl sites for hydroxylation is 1. The first-order chi connectivity index (χ1) is 20.0. The molecular weight excluding hydrogens is 554 g/mol. The Balaban J connectivity index is 1.56. The number of benzene rings is 4. The van der Waals surface area contributed by atoms with E-state index in [1.165, 1.54) is 36.9 Å². The molecule has 7 nitrogen and oxygen atoms in total. The predicted molar refractivity (Wildman–Crippen MR) is 150 cm³/mol. The molecule has 0 bridgehead atoms. The minimum atomic E-state index is -4.74. The molecular formula is C31H25F4N3O4. The zero-order chi connectivity index (χ0) is 30.0. The summed E-state index contributed by atoms with van der Waals surface area (Å²) in [6.45, 7) is -0.314. The number of carbonyl (C=O) groups is 1. The molecule has 0 aliphatic rings. The fraction of sp³-hybridized carbons (Fsp3) is 0.161. The van der Waals surface area contributed by atoms with Crippen LogP contribution in [-0.4, -0.2) is 22.2 Å². The lowest BCUT2D eigenvalue weighted by Crippen LogP contribution is -2.28. The first kappa shape index (κ1) is 28.5. The maximum absolute atomic E-state index is 14.1. The Kier molecular flexibility index (Phi) is 7.75. The molecule has 11 heteroatoms. The minimum Gasteiger partial charge on any atom is -0.493 e. The Morgan fingerprint density at radius 1 is 0.929 bits per heavy atom. The number of alkyl halides is 3. The lowest BCUT2D eigenvalue weighted by Gasteiger charge is -2.15. The van der Waals surface area contributed by atoms with E-state index in [4.69, 9.17) is 9.47 Å². The number of hydrogen-bond donors (Lipinski definition) is 1. The van der Waals surface area contributed by atoms with E-state index in [1.54, 1.807) is 12.1 Å². The third kappa shape index (κ3) is 5.85. The van der Waals surface area contributed by atoms with E-state index in [9.17, 15) is 27.2 Å². The van der Waals surface area contributed by atoms with Crippen LogP contribution >= 0.6 is 0 Å². The maximum Gasteiger partial charge on any atom is 0.416 e. The fourth-order valence-corrected chi connectivity index (χ4v) is 4.66. The topological polar surface area (TPSA) is 74.5 Å². The van der Waals surface area contributed by atoms with Crippen molar-refractivity contribution in [1.82, 2.24) is 9.13 Å². The van der Waals surface area contributed by atoms with Gasteiger partial charge in [0.15, 0.2) is 11.5 Å². The Bertz CT molecular complexity index is 1810. The molecule has 216 valence electrons. The molecule has 0 unspecified atom stereocenters. The van der Waals surface area contributed by atoms with E-state index in [1.807, 2.05) is 30.3 Å². The zero-order valence-corrected chi connectivity index (χ0v) is 22.5. The number of nitrogens with one attached hydrogen (secondary N) is 1. The Morgan fingerprint density at radius 3 is 2.31 bits per heavy atom. The highest BCUT2D eigenvalue weighted by Crippen LogP contribution is 2.40. The van der Waals surface area contributed by atoms with Gasteiger partial charge in [-0.2, -0.15) is 13.2 Å². The molecule has 1 heterocycles. The van der Waals surface area contributed by atoms with Gasteiger partial charge in [0.1, 0.15) is 19.0 Å². The normalized spacial score (nSPS) is 11.5. The third-order valence-corrected chi connectivity index (χ3v) is 6.70. The van der Waals surface area contributed by atoms with Gasteiger partial charge in [-0.05, 0) is 59.7 Å². The van der Waals surface area contributed by atoms with E-state index >= 15 is 0 Å². The van der Waals surface area contributed by atoms with Crippen molar-refractivity contribution in [3.8, 4) is 22.6 Å². The van der Waals surface area contributed by atoms with Gasteiger partial charge in [0.05, 0.1) is 23.7 Å². The van der Waals surface area contributed by atoms with Crippen LogP contribution in [0.1, 0.15) is 11.1 Å². The summed E-state index contributed by atoms with van der Waals surface area (Å²) in [5.41, 5.74) is 0.0911. The smallest absolute Gasteiger partial charge is 0.416 e. The average molecular weight is 580 g/mol. The van der Waals surface area contributed by atoms with Crippen LogP contribution in [0.25, 0.3) is 22.2 Å². The number of methoxy groups -OCH3 is 1. The highest BCUT2D eigenvalue weighted by atomic mass is 19.4. The summed E-state index contributed by atoms with van der Waals surface area (Å²) >= 11 is 0. The molecule has 0 radical (unpaired) electrons. The zero-order valence-electron chi connectivity index (χ0n) is 22.5. The van der Waals surface area contributed by atoms with Gasteiger partial charge in [0.25, 0.3) is 0 Å². The number of fused-ring (bicyclic) bond motifs is 1. The predicted octanol–water partition coefficient (Wildman–Crippen LogP) is 6.39. The average Bonchev–Trinajstić information content (AvgIpc) is 3.21. The van der Waals surface area contributed by atoms with Crippen molar-refractivity contribution in [2.45, 2.75) is 19.3 Å². The molecule has 4 aromatic carbocycles. The second-order valence-corrected chi connectivity index (χ2v) is 9.51. The van der Waals surface area contributed by atoms with Gasteiger partial charge in [-0.15, -0.1) is 0 Å². The van der Waals surface area contributed by atoms with Crippen LogP contribution in [0, 0.1) is 5.82 Å². The lowest BCUT2D eigenvalue weighted by molar-refractivity contribution is -0.137. The summed E-state index contributed by atoms with van der Waals surface area (Å²) in [5.74, 6) is -0.496. The monoisotopic (exact) mass is 579 g/mol. The molecule has 42 heavy (non-hydrogen) atoms. The molecule has 0 aliphatic carbocycles. The number of rotatable bonds is 8. The van der Waals surface area contributed by atoms with Crippen LogP contribution in [-0.2, 0) is 31.2 Å². The Labute approximate surface area is 237 Å².